The van der Waals surface area contributed by atoms with E-state index in [1.54, 1.807) is 17.5 Å². The quantitative estimate of drug-likeness (QED) is 0.190. The fraction of sp³-hybridized carbons (Fsp3) is 0.500. The van der Waals surface area contributed by atoms with Crippen molar-refractivity contribution in [1.82, 2.24) is 5.32 Å². The van der Waals surface area contributed by atoms with Crippen LogP contribution in [-0.2, 0) is 23.8 Å². The highest BCUT2D eigenvalue weighted by molar-refractivity contribution is 7.13. The third-order valence-corrected chi connectivity index (χ3v) is 4.18. The zero-order valence-electron chi connectivity index (χ0n) is 13.7. The van der Waals surface area contributed by atoms with Gasteiger partial charge in [-0.3, -0.25) is 9.59 Å². The number of ether oxygens (including phenoxy) is 1. The van der Waals surface area contributed by atoms with Gasteiger partial charge in [0.15, 0.2) is 5.71 Å². The van der Waals surface area contributed by atoms with Crippen LogP contribution in [0, 0.1) is 0 Å². The van der Waals surface area contributed by atoms with Crippen LogP contribution in [0.15, 0.2) is 22.7 Å². The van der Waals surface area contributed by atoms with E-state index in [9.17, 15) is 14.6 Å². The van der Waals surface area contributed by atoms with Crippen molar-refractivity contribution in [2.24, 2.45) is 5.16 Å². The van der Waals surface area contributed by atoms with Crippen LogP contribution in [0.1, 0.15) is 11.3 Å². The molecule has 1 aliphatic rings. The normalized spacial score (nSPS) is 21.2. The molecule has 0 saturated carbocycles. The number of carbonyl (C=O) groups excluding carboxylic acids is 1. The number of oxime groups is 1. The Morgan fingerprint density at radius 3 is 2.92 bits per heavy atom. The summed E-state index contributed by atoms with van der Waals surface area (Å²) in [6, 6.07) is 3.41. The lowest BCUT2D eigenvalue weighted by Gasteiger charge is -2.19. The second-order valence-electron chi connectivity index (χ2n) is 5.34. The maximum Gasteiger partial charge on any atom is 0.480 e. The Hall–Kier alpha value is -1.99. The Labute approximate surface area is 153 Å². The Morgan fingerprint density at radius 1 is 1.46 bits per heavy atom. The fourth-order valence-electron chi connectivity index (χ4n) is 2.15. The highest BCUT2D eigenvalue weighted by Crippen LogP contribution is 2.13. The molecule has 0 aliphatic carbocycles. The van der Waals surface area contributed by atoms with E-state index in [1.807, 2.05) is 0 Å². The molecule has 1 aromatic heterocycles. The van der Waals surface area contributed by atoms with Crippen LogP contribution >= 0.6 is 11.3 Å². The molecule has 4 N–H and O–H groups in total. The Balaban J connectivity index is 2.03. The predicted octanol–water partition coefficient (Wildman–Crippen LogP) is -1.14. The molecule has 1 fully saturated rings. The van der Waals surface area contributed by atoms with Crippen molar-refractivity contribution < 1.29 is 39.1 Å². The molecule has 0 bridgehead atoms. The van der Waals surface area contributed by atoms with Gasteiger partial charge in [0, 0.05) is 0 Å². The van der Waals surface area contributed by atoms with Gasteiger partial charge in [-0.1, -0.05) is 11.2 Å². The summed E-state index contributed by atoms with van der Waals surface area (Å²) >= 11 is 1.27. The first-order valence-corrected chi connectivity index (χ1v) is 8.68. The van der Waals surface area contributed by atoms with Gasteiger partial charge in [-0.15, -0.1) is 11.3 Å². The summed E-state index contributed by atoms with van der Waals surface area (Å²) in [4.78, 5) is 28.7. The van der Waals surface area contributed by atoms with Gasteiger partial charge < -0.3 is 34.8 Å². The molecule has 1 aliphatic heterocycles. The van der Waals surface area contributed by atoms with Crippen LogP contribution in [-0.4, -0.2) is 78.4 Å². The molecule has 2 atom stereocenters. The standard InChI is InChI=1S/C14H19BN2O8S/c18-3-4-24-17-13(10-2-1-5-26-10)14(21)16-11-8-23-7-9(6-12(19)20)25-15(11)22/h1-2,5,9,11,18,22H,3-4,6-8H2,(H,16,21)(H,19,20). The molecule has 142 valence electrons. The van der Waals surface area contributed by atoms with Crippen molar-refractivity contribution in [3.8, 4) is 0 Å². The summed E-state index contributed by atoms with van der Waals surface area (Å²) in [5.41, 5.74) is -0.0213. The van der Waals surface area contributed by atoms with E-state index in [1.165, 1.54) is 11.3 Å². The number of hydrogen-bond donors (Lipinski definition) is 4. The van der Waals surface area contributed by atoms with Gasteiger partial charge in [-0.25, -0.2) is 0 Å². The number of rotatable bonds is 8. The molecule has 1 saturated heterocycles. The van der Waals surface area contributed by atoms with Crippen LogP contribution in [0.3, 0.4) is 0 Å². The summed E-state index contributed by atoms with van der Waals surface area (Å²) in [6.07, 6.45) is -1.14. The van der Waals surface area contributed by atoms with Gasteiger partial charge in [0.1, 0.15) is 6.61 Å². The highest BCUT2D eigenvalue weighted by Gasteiger charge is 2.36. The summed E-state index contributed by atoms with van der Waals surface area (Å²) in [7, 11) is -1.44. The van der Waals surface area contributed by atoms with Crippen molar-refractivity contribution in [2.75, 3.05) is 26.4 Å². The number of carbonyl (C=O) groups is 2. The van der Waals surface area contributed by atoms with Gasteiger partial charge in [-0.2, -0.15) is 0 Å². The number of aliphatic carboxylic acids is 1. The Kier molecular flexibility index (Phi) is 8.00. The van der Waals surface area contributed by atoms with Crippen LogP contribution in [0.5, 0.6) is 0 Å². The number of nitrogens with zero attached hydrogens (tertiary/aromatic N) is 1. The molecule has 12 heteroatoms. The first-order valence-electron chi connectivity index (χ1n) is 7.80. The van der Waals surface area contributed by atoms with Crippen molar-refractivity contribution in [2.45, 2.75) is 18.5 Å². The highest BCUT2D eigenvalue weighted by atomic mass is 32.1. The molecular formula is C14H19BN2O8S. The smallest absolute Gasteiger partial charge is 0.480 e. The van der Waals surface area contributed by atoms with Gasteiger partial charge in [-0.05, 0) is 11.4 Å². The van der Waals surface area contributed by atoms with E-state index >= 15 is 0 Å². The number of thiophene rings is 1. The van der Waals surface area contributed by atoms with Crippen LogP contribution in [0.4, 0.5) is 0 Å². The van der Waals surface area contributed by atoms with Crippen molar-refractivity contribution in [3.63, 3.8) is 0 Å². The van der Waals surface area contributed by atoms with Crippen molar-refractivity contribution in [1.29, 1.82) is 0 Å². The Bertz CT molecular complexity index is 626. The minimum absolute atomic E-state index is 0.0127. The minimum atomic E-state index is -1.44. The first kappa shape index (κ1) is 20.3. The maximum absolute atomic E-state index is 12.5. The van der Waals surface area contributed by atoms with Gasteiger partial charge >= 0.3 is 13.1 Å². The number of hydrogen-bond acceptors (Lipinski definition) is 9. The zero-order chi connectivity index (χ0) is 18.9. The minimum Gasteiger partial charge on any atom is -0.481 e. The van der Waals surface area contributed by atoms with E-state index in [0.717, 1.165) is 0 Å². The van der Waals surface area contributed by atoms with E-state index in [2.05, 4.69) is 10.5 Å². The zero-order valence-corrected chi connectivity index (χ0v) is 14.6. The van der Waals surface area contributed by atoms with Crippen molar-refractivity contribution in [3.05, 3.63) is 22.4 Å². The molecule has 2 unspecified atom stereocenters. The number of carboxylic acid groups (broad SMARTS) is 1. The van der Waals surface area contributed by atoms with Gasteiger partial charge in [0.25, 0.3) is 5.91 Å². The van der Waals surface area contributed by atoms with Crippen LogP contribution in [0.2, 0.25) is 0 Å². The monoisotopic (exact) mass is 386 g/mol. The third kappa shape index (κ3) is 6.07. The van der Waals surface area contributed by atoms with Gasteiger partial charge in [0.05, 0.1) is 43.2 Å². The second kappa shape index (κ2) is 10.2. The third-order valence-electron chi connectivity index (χ3n) is 3.30. The molecule has 2 rings (SSSR count). The van der Waals surface area contributed by atoms with E-state index < -0.39 is 31.0 Å². The summed E-state index contributed by atoms with van der Waals surface area (Å²) in [5.74, 6) is -2.62. The molecule has 0 aromatic carbocycles. The summed E-state index contributed by atoms with van der Waals surface area (Å²) < 4.78 is 10.5. The molecule has 1 aromatic rings. The number of carboxylic acids is 1. The largest absolute Gasteiger partial charge is 0.481 e. The summed E-state index contributed by atoms with van der Waals surface area (Å²) in [6.45, 7) is -0.395. The predicted molar refractivity (Wildman–Crippen MR) is 91.7 cm³/mol. The maximum atomic E-state index is 12.5. The molecule has 26 heavy (non-hydrogen) atoms. The molecule has 1 amide bonds. The van der Waals surface area contributed by atoms with Crippen LogP contribution in [0.25, 0.3) is 0 Å². The average molecular weight is 386 g/mol. The number of aliphatic hydroxyl groups is 1. The molecule has 0 radical (unpaired) electrons. The molecule has 0 spiro atoms. The number of aliphatic hydroxyl groups excluding tert-OH is 1. The second-order valence-corrected chi connectivity index (χ2v) is 6.29. The van der Waals surface area contributed by atoms with Crippen LogP contribution < -0.4 is 5.32 Å². The van der Waals surface area contributed by atoms with E-state index in [-0.39, 0.29) is 38.6 Å². The van der Waals surface area contributed by atoms with E-state index in [0.29, 0.717) is 4.88 Å². The lowest BCUT2D eigenvalue weighted by Crippen LogP contribution is -2.52. The number of amides is 1. The van der Waals surface area contributed by atoms with Gasteiger partial charge in [0.2, 0.25) is 0 Å². The van der Waals surface area contributed by atoms with E-state index in [4.69, 9.17) is 24.4 Å². The topological polar surface area (TPSA) is 147 Å². The lowest BCUT2D eigenvalue weighted by atomic mass is 9.79. The molecular weight excluding hydrogens is 367 g/mol. The first-order chi connectivity index (χ1) is 12.5. The average Bonchev–Trinajstić information content (AvgIpc) is 3.05. The lowest BCUT2D eigenvalue weighted by molar-refractivity contribution is -0.139. The Morgan fingerprint density at radius 2 is 2.27 bits per heavy atom. The molecule has 10 nitrogen and oxygen atoms in total. The number of nitrogens with one attached hydrogen (secondary N) is 1. The molecule has 2 heterocycles. The fourth-order valence-corrected chi connectivity index (χ4v) is 2.86. The van der Waals surface area contributed by atoms with Crippen molar-refractivity contribution >= 4 is 36.0 Å². The SMILES string of the molecule is O=C(O)CC1COCC(NC(=O)C(=NOCCO)c2cccs2)B(O)O1. The summed E-state index contributed by atoms with van der Waals surface area (Å²) in [5, 5.41) is 35.7.